The molecule has 0 radical (unpaired) electrons. The molecule has 4 rings (SSSR count). The van der Waals surface area contributed by atoms with Crippen molar-refractivity contribution in [2.75, 3.05) is 5.01 Å². The molecule has 0 aliphatic carbocycles. The minimum atomic E-state index is -1.06. The van der Waals surface area contributed by atoms with E-state index in [4.69, 9.17) is 9.52 Å². The Labute approximate surface area is 175 Å². The quantitative estimate of drug-likeness (QED) is 0.373. The van der Waals surface area contributed by atoms with Crippen molar-refractivity contribution in [2.45, 2.75) is 6.92 Å². The topological polar surface area (TPSA) is 126 Å². The maximum Gasteiger partial charge on any atom is 0.335 e. The first-order chi connectivity index (χ1) is 14.8. The van der Waals surface area contributed by atoms with Crippen molar-refractivity contribution in [2.24, 2.45) is 5.10 Å². The number of aromatic carboxylic acids is 1. The molecule has 3 aromatic rings. The first-order valence-corrected chi connectivity index (χ1v) is 9.14. The maximum atomic E-state index is 12.9. The number of amides is 1. The van der Waals surface area contributed by atoms with Crippen LogP contribution in [-0.4, -0.2) is 27.6 Å². The number of carbonyl (C=O) groups excluding carboxylic acids is 1. The van der Waals surface area contributed by atoms with Gasteiger partial charge in [0.1, 0.15) is 11.5 Å². The van der Waals surface area contributed by atoms with E-state index in [0.29, 0.717) is 34.1 Å². The number of hydrazone groups is 1. The number of rotatable bonds is 5. The van der Waals surface area contributed by atoms with Gasteiger partial charge in [0.15, 0.2) is 0 Å². The number of carboxylic acids is 1. The van der Waals surface area contributed by atoms with Gasteiger partial charge in [-0.2, -0.15) is 10.1 Å². The summed E-state index contributed by atoms with van der Waals surface area (Å²) < 4.78 is 5.73. The molecule has 9 nitrogen and oxygen atoms in total. The summed E-state index contributed by atoms with van der Waals surface area (Å²) in [7, 11) is 0. The van der Waals surface area contributed by atoms with E-state index in [1.165, 1.54) is 41.4 Å². The fourth-order valence-electron chi connectivity index (χ4n) is 3.16. The second-order valence-corrected chi connectivity index (χ2v) is 6.69. The average Bonchev–Trinajstić information content (AvgIpc) is 3.34. The third kappa shape index (κ3) is 3.71. The Bertz CT molecular complexity index is 1270. The molecule has 1 N–H and O–H groups in total. The highest BCUT2D eigenvalue weighted by Gasteiger charge is 2.29. The number of nitro groups is 1. The molecule has 9 heteroatoms. The fraction of sp³-hybridized carbons (Fsp3) is 0.0455. The Morgan fingerprint density at radius 2 is 1.84 bits per heavy atom. The van der Waals surface area contributed by atoms with Gasteiger partial charge < -0.3 is 9.52 Å². The van der Waals surface area contributed by atoms with Crippen molar-refractivity contribution in [1.82, 2.24) is 0 Å². The van der Waals surface area contributed by atoms with Crippen molar-refractivity contribution < 1.29 is 24.0 Å². The Balaban J connectivity index is 1.62. The Morgan fingerprint density at radius 3 is 2.52 bits per heavy atom. The number of nitro benzene ring substituents is 1. The first kappa shape index (κ1) is 19.8. The summed E-state index contributed by atoms with van der Waals surface area (Å²) in [6.45, 7) is 1.67. The minimum Gasteiger partial charge on any atom is -0.478 e. The van der Waals surface area contributed by atoms with Crippen LogP contribution in [0.4, 0.5) is 11.4 Å². The maximum absolute atomic E-state index is 12.9. The van der Waals surface area contributed by atoms with Gasteiger partial charge in [0.25, 0.3) is 11.6 Å². The minimum absolute atomic E-state index is 0.0817. The zero-order valence-corrected chi connectivity index (χ0v) is 16.2. The first-order valence-electron chi connectivity index (χ1n) is 9.14. The molecule has 0 fully saturated rings. The molecule has 1 amide bonds. The van der Waals surface area contributed by atoms with Crippen molar-refractivity contribution in [3.8, 4) is 11.3 Å². The van der Waals surface area contributed by atoms with E-state index in [1.54, 1.807) is 37.3 Å². The van der Waals surface area contributed by atoms with Crippen LogP contribution in [0.5, 0.6) is 0 Å². The number of hydrogen-bond donors (Lipinski definition) is 1. The zero-order valence-electron chi connectivity index (χ0n) is 16.2. The van der Waals surface area contributed by atoms with E-state index in [-0.39, 0.29) is 11.3 Å². The van der Waals surface area contributed by atoms with Crippen LogP contribution in [0.1, 0.15) is 23.0 Å². The van der Waals surface area contributed by atoms with Gasteiger partial charge >= 0.3 is 5.97 Å². The van der Waals surface area contributed by atoms with Crippen LogP contribution in [0.3, 0.4) is 0 Å². The standard InChI is InChI=1S/C22H15N3O6/c1-13-18(21(26)24(23-13)15-8-6-14(7-9-15)22(27)28)12-16-10-11-20(31-16)17-4-2-3-5-19(17)25(29)30/h2-12H,1H3,(H,27,28)/b18-12-. The fourth-order valence-corrected chi connectivity index (χ4v) is 3.16. The number of anilines is 1. The van der Waals surface area contributed by atoms with Gasteiger partial charge in [0.05, 0.1) is 33.0 Å². The van der Waals surface area contributed by atoms with Crippen LogP contribution in [0, 0.1) is 10.1 Å². The SMILES string of the molecule is CC1=NN(c2ccc(C(=O)O)cc2)C(=O)/C1=C\c1ccc(-c2ccccc2[N+](=O)[O-])o1. The third-order valence-corrected chi connectivity index (χ3v) is 4.70. The molecule has 0 saturated heterocycles. The van der Waals surface area contributed by atoms with Crippen LogP contribution >= 0.6 is 0 Å². The van der Waals surface area contributed by atoms with Gasteiger partial charge in [-0.05, 0) is 55.5 Å². The Hall–Kier alpha value is -4.53. The Kier molecular flexibility index (Phi) is 4.92. The number of benzene rings is 2. The normalized spacial score (nSPS) is 14.7. The number of para-hydroxylation sites is 1. The van der Waals surface area contributed by atoms with E-state index < -0.39 is 16.8 Å². The molecule has 1 aromatic heterocycles. The summed E-state index contributed by atoms with van der Waals surface area (Å²) in [5, 5.41) is 25.7. The van der Waals surface area contributed by atoms with Crippen LogP contribution in [0.25, 0.3) is 17.4 Å². The van der Waals surface area contributed by atoms with Crippen molar-refractivity contribution in [3.63, 3.8) is 0 Å². The van der Waals surface area contributed by atoms with Crippen molar-refractivity contribution >= 4 is 35.0 Å². The number of nitrogens with zero attached hydrogens (tertiary/aromatic N) is 3. The largest absolute Gasteiger partial charge is 0.478 e. The van der Waals surface area contributed by atoms with Gasteiger partial charge in [-0.3, -0.25) is 14.9 Å². The highest BCUT2D eigenvalue weighted by Crippen LogP contribution is 2.32. The number of carbonyl (C=O) groups is 2. The number of furan rings is 1. The van der Waals surface area contributed by atoms with E-state index in [9.17, 15) is 19.7 Å². The van der Waals surface area contributed by atoms with Gasteiger partial charge in [-0.15, -0.1) is 0 Å². The lowest BCUT2D eigenvalue weighted by Gasteiger charge is -2.11. The van der Waals surface area contributed by atoms with E-state index in [2.05, 4.69) is 5.10 Å². The summed E-state index contributed by atoms with van der Waals surface area (Å²) >= 11 is 0. The number of carboxylic acid groups (broad SMARTS) is 1. The lowest BCUT2D eigenvalue weighted by atomic mass is 10.1. The molecule has 0 atom stereocenters. The lowest BCUT2D eigenvalue weighted by Crippen LogP contribution is -2.21. The molecular formula is C22H15N3O6. The summed E-state index contributed by atoms with van der Waals surface area (Å²) in [6, 6.07) is 15.2. The van der Waals surface area contributed by atoms with Gasteiger partial charge in [0, 0.05) is 6.07 Å². The Morgan fingerprint density at radius 1 is 1.13 bits per heavy atom. The predicted octanol–water partition coefficient (Wildman–Crippen LogP) is 4.36. The summed E-state index contributed by atoms with van der Waals surface area (Å²) in [5.41, 5.74) is 1.53. The second-order valence-electron chi connectivity index (χ2n) is 6.69. The smallest absolute Gasteiger partial charge is 0.335 e. The summed E-state index contributed by atoms with van der Waals surface area (Å²) in [6.07, 6.45) is 1.52. The molecule has 2 aromatic carbocycles. The van der Waals surface area contributed by atoms with Crippen LogP contribution in [0.15, 0.2) is 75.8 Å². The molecule has 0 unspecified atom stereocenters. The molecule has 0 spiro atoms. The van der Waals surface area contributed by atoms with Crippen LogP contribution in [-0.2, 0) is 4.79 Å². The van der Waals surface area contributed by atoms with E-state index in [1.807, 2.05) is 0 Å². The molecule has 0 saturated carbocycles. The van der Waals surface area contributed by atoms with Gasteiger partial charge in [-0.1, -0.05) is 12.1 Å². The summed E-state index contributed by atoms with van der Waals surface area (Å²) in [4.78, 5) is 34.6. The third-order valence-electron chi connectivity index (χ3n) is 4.70. The van der Waals surface area contributed by atoms with Gasteiger partial charge in [-0.25, -0.2) is 4.79 Å². The molecule has 2 heterocycles. The van der Waals surface area contributed by atoms with E-state index in [0.717, 1.165) is 0 Å². The molecule has 0 bridgehead atoms. The van der Waals surface area contributed by atoms with Crippen LogP contribution in [0.2, 0.25) is 0 Å². The highest BCUT2D eigenvalue weighted by molar-refractivity contribution is 6.32. The molecule has 1 aliphatic rings. The van der Waals surface area contributed by atoms with Crippen LogP contribution < -0.4 is 5.01 Å². The zero-order chi connectivity index (χ0) is 22.1. The lowest BCUT2D eigenvalue weighted by molar-refractivity contribution is -0.384. The van der Waals surface area contributed by atoms with Crippen molar-refractivity contribution in [3.05, 3.63) is 87.7 Å². The highest BCUT2D eigenvalue weighted by atomic mass is 16.6. The molecule has 1 aliphatic heterocycles. The molecular weight excluding hydrogens is 402 g/mol. The van der Waals surface area contributed by atoms with Crippen molar-refractivity contribution in [1.29, 1.82) is 0 Å². The monoisotopic (exact) mass is 417 g/mol. The predicted molar refractivity (Wildman–Crippen MR) is 113 cm³/mol. The van der Waals surface area contributed by atoms with E-state index >= 15 is 0 Å². The number of hydrogen-bond acceptors (Lipinski definition) is 6. The molecule has 154 valence electrons. The average molecular weight is 417 g/mol. The summed E-state index contributed by atoms with van der Waals surface area (Å²) in [5.74, 6) is -0.814. The van der Waals surface area contributed by atoms with Gasteiger partial charge in [0.2, 0.25) is 0 Å². The second kappa shape index (κ2) is 7.71. The molecule has 31 heavy (non-hydrogen) atoms.